The summed E-state index contributed by atoms with van der Waals surface area (Å²) in [6.07, 6.45) is 0. The normalized spacial score (nSPS) is 11.0. The van der Waals surface area contributed by atoms with Gasteiger partial charge < -0.3 is 9.52 Å². The number of benzene rings is 1. The second-order valence-corrected chi connectivity index (χ2v) is 4.73. The lowest BCUT2D eigenvalue weighted by molar-refractivity contribution is 0.447. The molecule has 2 aromatic heterocycles. The fourth-order valence-electron chi connectivity index (χ4n) is 1.61. The van der Waals surface area contributed by atoms with Crippen LogP contribution in [0.2, 0.25) is 0 Å². The smallest absolute Gasteiger partial charge is 0.354 e. The fraction of sp³-hybridized carbons (Fsp3) is 0.0909. The van der Waals surface area contributed by atoms with Gasteiger partial charge in [-0.05, 0) is 34.3 Å². The van der Waals surface area contributed by atoms with Crippen LogP contribution in [0.1, 0.15) is 0 Å². The molecule has 0 radical (unpaired) electrons. The van der Waals surface area contributed by atoms with E-state index in [2.05, 4.69) is 15.5 Å². The van der Waals surface area contributed by atoms with Crippen LogP contribution in [0.5, 0.6) is 5.75 Å². The summed E-state index contributed by atoms with van der Waals surface area (Å²) in [7, 11) is 1.64. The molecule has 7 nitrogen and oxygen atoms in total. The van der Waals surface area contributed by atoms with E-state index in [-0.39, 0.29) is 10.6 Å². The molecule has 0 saturated heterocycles. The van der Waals surface area contributed by atoms with Crippen LogP contribution in [0.15, 0.2) is 43.5 Å². The van der Waals surface area contributed by atoms with Crippen molar-refractivity contribution in [3.05, 3.63) is 34.7 Å². The molecule has 2 heterocycles. The molecule has 0 aliphatic heterocycles. The van der Waals surface area contributed by atoms with Crippen LogP contribution in [0.4, 0.5) is 0 Å². The standard InChI is InChI=1S/C11H8N4O3S/c1-15-11(12-13-14-15)19-9-8(16)6-4-2-3-5-7(6)18-10(9)17/h2-5,16H,1H3. The monoisotopic (exact) mass is 276 g/mol. The highest BCUT2D eigenvalue weighted by Crippen LogP contribution is 2.34. The van der Waals surface area contributed by atoms with Crippen molar-refractivity contribution in [2.75, 3.05) is 0 Å². The van der Waals surface area contributed by atoms with Crippen LogP contribution in [-0.2, 0) is 7.05 Å². The molecule has 1 N–H and O–H groups in total. The molecule has 0 aliphatic rings. The average Bonchev–Trinajstić information content (AvgIpc) is 2.80. The Morgan fingerprint density at radius 1 is 1.37 bits per heavy atom. The zero-order valence-electron chi connectivity index (χ0n) is 9.77. The van der Waals surface area contributed by atoms with Crippen molar-refractivity contribution in [2.24, 2.45) is 7.05 Å². The van der Waals surface area contributed by atoms with Gasteiger partial charge in [0.15, 0.2) is 0 Å². The summed E-state index contributed by atoms with van der Waals surface area (Å²) in [5.41, 5.74) is -0.283. The third-order valence-electron chi connectivity index (χ3n) is 2.52. The Hall–Kier alpha value is -2.35. The first-order chi connectivity index (χ1) is 9.16. The molecule has 96 valence electrons. The van der Waals surface area contributed by atoms with Gasteiger partial charge in [-0.25, -0.2) is 9.48 Å². The predicted molar refractivity (Wildman–Crippen MR) is 67.1 cm³/mol. The van der Waals surface area contributed by atoms with Crippen molar-refractivity contribution < 1.29 is 9.52 Å². The molecule has 3 aromatic rings. The highest BCUT2D eigenvalue weighted by atomic mass is 32.2. The van der Waals surface area contributed by atoms with Crippen LogP contribution < -0.4 is 5.63 Å². The third-order valence-corrected chi connectivity index (χ3v) is 3.61. The minimum Gasteiger partial charge on any atom is -0.506 e. The lowest BCUT2D eigenvalue weighted by Crippen LogP contribution is -2.03. The molecule has 0 unspecified atom stereocenters. The average molecular weight is 276 g/mol. The summed E-state index contributed by atoms with van der Waals surface area (Å²) in [5, 5.41) is 21.9. The second kappa shape index (κ2) is 4.39. The maximum absolute atomic E-state index is 11.9. The summed E-state index contributed by atoms with van der Waals surface area (Å²) >= 11 is 0.960. The van der Waals surface area contributed by atoms with Gasteiger partial charge in [0, 0.05) is 7.05 Å². The number of fused-ring (bicyclic) bond motifs is 1. The van der Waals surface area contributed by atoms with Crippen molar-refractivity contribution in [2.45, 2.75) is 10.1 Å². The first kappa shape index (κ1) is 11.7. The van der Waals surface area contributed by atoms with Crippen molar-refractivity contribution in [3.63, 3.8) is 0 Å². The van der Waals surface area contributed by atoms with Crippen LogP contribution in [0.3, 0.4) is 0 Å². The van der Waals surface area contributed by atoms with Gasteiger partial charge in [-0.2, -0.15) is 0 Å². The molecule has 0 aliphatic carbocycles. The quantitative estimate of drug-likeness (QED) is 0.702. The highest BCUT2D eigenvalue weighted by molar-refractivity contribution is 7.99. The van der Waals surface area contributed by atoms with Crippen molar-refractivity contribution in [1.29, 1.82) is 0 Å². The lowest BCUT2D eigenvalue weighted by atomic mass is 10.2. The minimum absolute atomic E-state index is 0.0663. The number of para-hydroxylation sites is 1. The molecule has 0 bridgehead atoms. The SMILES string of the molecule is Cn1nnnc1Sc1c(O)c2ccccc2oc1=O. The van der Waals surface area contributed by atoms with Gasteiger partial charge >= 0.3 is 5.63 Å². The number of aromatic hydroxyl groups is 1. The van der Waals surface area contributed by atoms with Gasteiger partial charge in [-0.15, -0.1) is 5.10 Å². The summed E-state index contributed by atoms with van der Waals surface area (Å²) in [6, 6.07) is 6.77. The molecular formula is C11H8N4O3S. The molecular weight excluding hydrogens is 268 g/mol. The number of tetrazole rings is 1. The second-order valence-electron chi connectivity index (χ2n) is 3.75. The van der Waals surface area contributed by atoms with Gasteiger partial charge in [0.2, 0.25) is 5.16 Å². The molecule has 3 rings (SSSR count). The molecule has 19 heavy (non-hydrogen) atoms. The van der Waals surface area contributed by atoms with Crippen LogP contribution >= 0.6 is 11.8 Å². The van der Waals surface area contributed by atoms with E-state index in [9.17, 15) is 9.90 Å². The van der Waals surface area contributed by atoms with Gasteiger partial charge in [0.25, 0.3) is 0 Å². The van der Waals surface area contributed by atoms with Gasteiger partial charge in [-0.3, -0.25) is 0 Å². The summed E-state index contributed by atoms with van der Waals surface area (Å²) in [6.45, 7) is 0. The lowest BCUT2D eigenvalue weighted by Gasteiger charge is -2.04. The van der Waals surface area contributed by atoms with Gasteiger partial charge in [-0.1, -0.05) is 12.1 Å². The Labute approximate surface area is 110 Å². The Bertz CT molecular complexity index is 811. The van der Waals surface area contributed by atoms with E-state index in [0.29, 0.717) is 16.1 Å². The third kappa shape index (κ3) is 1.95. The Kier molecular flexibility index (Phi) is 2.71. The maximum atomic E-state index is 11.9. The molecule has 0 fully saturated rings. The van der Waals surface area contributed by atoms with E-state index in [1.807, 2.05) is 0 Å². The number of aryl methyl sites for hydroxylation is 1. The van der Waals surface area contributed by atoms with Gasteiger partial charge in [0.05, 0.1) is 5.39 Å². The van der Waals surface area contributed by atoms with Crippen LogP contribution in [0.25, 0.3) is 11.0 Å². The summed E-state index contributed by atoms with van der Waals surface area (Å²) in [4.78, 5) is 11.9. The number of rotatable bonds is 2. The zero-order chi connectivity index (χ0) is 13.4. The van der Waals surface area contributed by atoms with Crippen LogP contribution in [0, 0.1) is 0 Å². The van der Waals surface area contributed by atoms with E-state index < -0.39 is 5.63 Å². The molecule has 0 atom stereocenters. The fourth-order valence-corrected chi connectivity index (χ4v) is 2.37. The zero-order valence-corrected chi connectivity index (χ0v) is 10.6. The van der Waals surface area contributed by atoms with Crippen LogP contribution in [-0.4, -0.2) is 25.3 Å². The molecule has 0 spiro atoms. The topological polar surface area (TPSA) is 94.0 Å². The molecule has 0 amide bonds. The van der Waals surface area contributed by atoms with E-state index in [0.717, 1.165) is 11.8 Å². The first-order valence-electron chi connectivity index (χ1n) is 5.32. The van der Waals surface area contributed by atoms with E-state index >= 15 is 0 Å². The van der Waals surface area contributed by atoms with Crippen molar-refractivity contribution >= 4 is 22.7 Å². The first-order valence-corrected chi connectivity index (χ1v) is 6.13. The highest BCUT2D eigenvalue weighted by Gasteiger charge is 2.17. The molecule has 0 saturated carbocycles. The van der Waals surface area contributed by atoms with E-state index in [1.165, 1.54) is 4.68 Å². The number of nitrogens with zero attached hydrogens (tertiary/aromatic N) is 4. The Balaban J connectivity index is 2.19. The largest absolute Gasteiger partial charge is 0.506 e. The predicted octanol–water partition coefficient (Wildman–Crippen LogP) is 1.17. The number of hydrogen-bond acceptors (Lipinski definition) is 7. The van der Waals surface area contributed by atoms with E-state index in [1.54, 1.807) is 31.3 Å². The number of aromatic nitrogens is 4. The van der Waals surface area contributed by atoms with Crippen molar-refractivity contribution in [3.8, 4) is 5.75 Å². The summed E-state index contributed by atoms with van der Waals surface area (Å²) in [5.74, 6) is -0.125. The van der Waals surface area contributed by atoms with E-state index in [4.69, 9.17) is 4.42 Å². The molecule has 8 heteroatoms. The Morgan fingerprint density at radius 2 is 2.16 bits per heavy atom. The maximum Gasteiger partial charge on any atom is 0.354 e. The molecule has 1 aromatic carbocycles. The summed E-state index contributed by atoms with van der Waals surface area (Å²) < 4.78 is 6.55. The number of hydrogen-bond donors (Lipinski definition) is 1. The van der Waals surface area contributed by atoms with Gasteiger partial charge in [0.1, 0.15) is 16.2 Å². The Morgan fingerprint density at radius 3 is 2.89 bits per heavy atom. The van der Waals surface area contributed by atoms with Crippen molar-refractivity contribution in [1.82, 2.24) is 20.2 Å². The minimum atomic E-state index is -0.621.